The number of benzene rings is 2. The number of halogens is 2. The molecule has 0 spiro atoms. The van der Waals surface area contributed by atoms with E-state index in [1.54, 1.807) is 19.1 Å². The summed E-state index contributed by atoms with van der Waals surface area (Å²) in [6, 6.07) is 13.1. The lowest BCUT2D eigenvalue weighted by Crippen LogP contribution is -1.96. The largest absolute Gasteiger partial charge is 0.489 e. The van der Waals surface area contributed by atoms with Crippen molar-refractivity contribution < 1.29 is 14.9 Å². The van der Waals surface area contributed by atoms with E-state index in [2.05, 4.69) is 0 Å². The molecule has 0 atom stereocenters. The minimum atomic E-state index is -0.184. The van der Waals surface area contributed by atoms with Gasteiger partial charge in [-0.3, -0.25) is 0 Å². The molecule has 0 heterocycles. The van der Waals surface area contributed by atoms with Crippen LogP contribution < -0.4 is 4.74 Å². The molecule has 2 aromatic rings. The Kier molecular flexibility index (Phi) is 8.16. The fourth-order valence-electron chi connectivity index (χ4n) is 1.56. The van der Waals surface area contributed by atoms with E-state index in [0.29, 0.717) is 28.0 Å². The summed E-state index contributed by atoms with van der Waals surface area (Å²) in [5.74, 6) is 0.589. The molecule has 0 aliphatic heterocycles. The smallest absolute Gasteiger partial charge is 0.122 e. The standard InChI is InChI=1S/C14H12Cl2O2.C2H6O/c15-13-6-11(7-14(16)12(13)8-17)18-9-10-4-2-1-3-5-10;1-2-3/h1-7,17H,8-9H2;3H,2H2,1H3. The molecular weight excluding hydrogens is 311 g/mol. The average Bonchev–Trinajstić information content (AvgIpc) is 2.47. The van der Waals surface area contributed by atoms with E-state index in [1.807, 2.05) is 30.3 Å². The van der Waals surface area contributed by atoms with Crippen molar-refractivity contribution in [2.45, 2.75) is 20.1 Å². The minimum absolute atomic E-state index is 0.184. The van der Waals surface area contributed by atoms with Crippen LogP contribution >= 0.6 is 23.2 Å². The lowest BCUT2D eigenvalue weighted by atomic mass is 10.2. The maximum absolute atomic E-state index is 9.09. The van der Waals surface area contributed by atoms with Crippen LogP contribution in [-0.2, 0) is 13.2 Å². The van der Waals surface area contributed by atoms with Crippen molar-refractivity contribution >= 4 is 23.2 Å². The topological polar surface area (TPSA) is 49.7 Å². The maximum atomic E-state index is 9.09. The predicted molar refractivity (Wildman–Crippen MR) is 85.9 cm³/mol. The van der Waals surface area contributed by atoms with Gasteiger partial charge in [-0.2, -0.15) is 0 Å². The Morgan fingerprint density at radius 2 is 1.52 bits per heavy atom. The van der Waals surface area contributed by atoms with Crippen molar-refractivity contribution in [1.29, 1.82) is 0 Å². The number of aliphatic hydroxyl groups is 2. The zero-order valence-corrected chi connectivity index (χ0v) is 13.2. The molecule has 3 nitrogen and oxygen atoms in total. The van der Waals surface area contributed by atoms with E-state index in [0.717, 1.165) is 5.56 Å². The Bertz CT molecular complexity index is 521. The van der Waals surface area contributed by atoms with Crippen LogP contribution in [0.2, 0.25) is 10.0 Å². The van der Waals surface area contributed by atoms with Gasteiger partial charge < -0.3 is 14.9 Å². The summed E-state index contributed by atoms with van der Waals surface area (Å²) in [5, 5.41) is 17.5. The zero-order valence-electron chi connectivity index (χ0n) is 11.7. The average molecular weight is 329 g/mol. The van der Waals surface area contributed by atoms with Crippen molar-refractivity contribution in [3.63, 3.8) is 0 Å². The van der Waals surface area contributed by atoms with E-state index in [1.165, 1.54) is 0 Å². The van der Waals surface area contributed by atoms with Crippen LogP contribution in [0, 0.1) is 0 Å². The molecule has 0 saturated heterocycles. The SMILES string of the molecule is CCO.OCc1c(Cl)cc(OCc2ccccc2)cc1Cl. The molecule has 0 saturated carbocycles. The van der Waals surface area contributed by atoms with Crippen LogP contribution in [0.15, 0.2) is 42.5 Å². The fourth-order valence-corrected chi connectivity index (χ4v) is 2.14. The van der Waals surface area contributed by atoms with Gasteiger partial charge >= 0.3 is 0 Å². The number of rotatable bonds is 4. The lowest BCUT2D eigenvalue weighted by Gasteiger charge is -2.10. The molecule has 0 aromatic heterocycles. The summed E-state index contributed by atoms with van der Waals surface area (Å²) in [6.07, 6.45) is 0. The second-order valence-corrected chi connectivity index (χ2v) is 4.93. The summed E-state index contributed by atoms with van der Waals surface area (Å²) in [4.78, 5) is 0. The fraction of sp³-hybridized carbons (Fsp3) is 0.250. The van der Waals surface area contributed by atoms with Crippen molar-refractivity contribution in [3.05, 3.63) is 63.6 Å². The van der Waals surface area contributed by atoms with E-state index >= 15 is 0 Å². The molecule has 2 aromatic carbocycles. The van der Waals surface area contributed by atoms with Gasteiger partial charge in [-0.25, -0.2) is 0 Å². The third kappa shape index (κ3) is 5.94. The Morgan fingerprint density at radius 3 is 2.00 bits per heavy atom. The quantitative estimate of drug-likeness (QED) is 0.889. The predicted octanol–water partition coefficient (Wildman–Crippen LogP) is 4.06. The van der Waals surface area contributed by atoms with Crippen LogP contribution in [0.3, 0.4) is 0 Å². The van der Waals surface area contributed by atoms with Crippen LogP contribution in [-0.4, -0.2) is 16.8 Å². The second kappa shape index (κ2) is 9.64. The number of hydrogen-bond donors (Lipinski definition) is 2. The van der Waals surface area contributed by atoms with Crippen molar-refractivity contribution in [2.24, 2.45) is 0 Å². The first-order chi connectivity index (χ1) is 10.1. The monoisotopic (exact) mass is 328 g/mol. The van der Waals surface area contributed by atoms with E-state index in [-0.39, 0.29) is 13.2 Å². The molecule has 114 valence electrons. The Morgan fingerprint density at radius 1 is 1.00 bits per heavy atom. The van der Waals surface area contributed by atoms with E-state index < -0.39 is 0 Å². The van der Waals surface area contributed by atoms with Gasteiger partial charge in [0.2, 0.25) is 0 Å². The molecule has 0 radical (unpaired) electrons. The normalized spacial score (nSPS) is 9.76. The summed E-state index contributed by atoms with van der Waals surface area (Å²) in [5.41, 5.74) is 1.58. The molecule has 0 fully saturated rings. The number of ether oxygens (including phenoxy) is 1. The van der Waals surface area contributed by atoms with Gasteiger partial charge in [0.15, 0.2) is 0 Å². The van der Waals surface area contributed by atoms with Gasteiger partial charge in [-0.15, -0.1) is 0 Å². The van der Waals surface area contributed by atoms with Gasteiger partial charge in [-0.05, 0) is 24.6 Å². The van der Waals surface area contributed by atoms with E-state index in [4.69, 9.17) is 38.2 Å². The highest BCUT2D eigenvalue weighted by Crippen LogP contribution is 2.30. The highest BCUT2D eigenvalue weighted by atomic mass is 35.5. The van der Waals surface area contributed by atoms with Crippen LogP contribution in [0.25, 0.3) is 0 Å². The first-order valence-corrected chi connectivity index (χ1v) is 7.24. The van der Waals surface area contributed by atoms with Gasteiger partial charge in [0.25, 0.3) is 0 Å². The Balaban J connectivity index is 0.000000677. The summed E-state index contributed by atoms with van der Waals surface area (Å²) in [7, 11) is 0. The molecule has 5 heteroatoms. The molecular formula is C16H18Cl2O3. The maximum Gasteiger partial charge on any atom is 0.122 e. The van der Waals surface area contributed by atoms with Gasteiger partial charge in [0, 0.05) is 12.2 Å². The van der Waals surface area contributed by atoms with Crippen LogP contribution in [0.5, 0.6) is 5.75 Å². The van der Waals surface area contributed by atoms with Crippen molar-refractivity contribution in [3.8, 4) is 5.75 Å². The second-order valence-electron chi connectivity index (χ2n) is 4.11. The number of aliphatic hydroxyl groups excluding tert-OH is 2. The molecule has 2 N–H and O–H groups in total. The summed E-state index contributed by atoms with van der Waals surface area (Å²) >= 11 is 12.0. The summed E-state index contributed by atoms with van der Waals surface area (Å²) < 4.78 is 5.60. The van der Waals surface area contributed by atoms with Gasteiger partial charge in [0.1, 0.15) is 12.4 Å². The van der Waals surface area contributed by atoms with Crippen molar-refractivity contribution in [2.75, 3.05) is 6.61 Å². The zero-order chi connectivity index (χ0) is 15.7. The molecule has 0 unspecified atom stereocenters. The third-order valence-corrected chi connectivity index (χ3v) is 3.20. The molecule has 0 aliphatic rings. The highest BCUT2D eigenvalue weighted by molar-refractivity contribution is 6.36. The first kappa shape index (κ1) is 17.8. The molecule has 0 amide bonds. The lowest BCUT2D eigenvalue weighted by molar-refractivity contribution is 0.281. The number of hydrogen-bond acceptors (Lipinski definition) is 3. The Labute approximate surface area is 134 Å². The third-order valence-electron chi connectivity index (χ3n) is 2.52. The first-order valence-electron chi connectivity index (χ1n) is 6.48. The van der Waals surface area contributed by atoms with Crippen LogP contribution in [0.4, 0.5) is 0 Å². The molecule has 2 rings (SSSR count). The highest BCUT2D eigenvalue weighted by Gasteiger charge is 2.08. The van der Waals surface area contributed by atoms with Gasteiger partial charge in [0.05, 0.1) is 16.7 Å². The molecule has 0 aliphatic carbocycles. The van der Waals surface area contributed by atoms with Gasteiger partial charge in [-0.1, -0.05) is 53.5 Å². The van der Waals surface area contributed by atoms with Crippen molar-refractivity contribution in [1.82, 2.24) is 0 Å². The Hall–Kier alpha value is -1.26. The summed E-state index contributed by atoms with van der Waals surface area (Å²) in [6.45, 7) is 2.20. The molecule has 21 heavy (non-hydrogen) atoms. The molecule has 0 bridgehead atoms. The minimum Gasteiger partial charge on any atom is -0.489 e. The van der Waals surface area contributed by atoms with E-state index in [9.17, 15) is 0 Å². The van der Waals surface area contributed by atoms with Crippen LogP contribution in [0.1, 0.15) is 18.1 Å².